The fraction of sp³-hybridized carbons (Fsp3) is 0.700. The van der Waals surface area contributed by atoms with E-state index in [2.05, 4.69) is 16.8 Å². The van der Waals surface area contributed by atoms with Crippen LogP contribution >= 0.6 is 11.3 Å². The lowest BCUT2D eigenvalue weighted by atomic mass is 10.4. The lowest BCUT2D eigenvalue weighted by molar-refractivity contribution is 0.196. The van der Waals surface area contributed by atoms with Crippen LogP contribution in [0.25, 0.3) is 0 Å². The quantitative estimate of drug-likeness (QED) is 0.869. The summed E-state index contributed by atoms with van der Waals surface area (Å²) in [5, 5.41) is 0.304. The molecule has 0 unspecified atom stereocenters. The van der Waals surface area contributed by atoms with E-state index in [0.717, 1.165) is 31.0 Å². The molecule has 6 nitrogen and oxygen atoms in total. The predicted octanol–water partition coefficient (Wildman–Crippen LogP) is 0.360. The highest BCUT2D eigenvalue weighted by molar-refractivity contribution is 7.91. The third-order valence-corrected chi connectivity index (χ3v) is 6.60. The molecule has 0 amide bonds. The highest BCUT2D eigenvalue weighted by Gasteiger charge is 2.31. The molecule has 1 aliphatic heterocycles. The maximum absolute atomic E-state index is 12.4. The summed E-state index contributed by atoms with van der Waals surface area (Å²) in [7, 11) is -3.42. The first-order chi connectivity index (χ1) is 8.45. The van der Waals surface area contributed by atoms with Crippen molar-refractivity contribution in [1.82, 2.24) is 14.2 Å². The molecule has 0 atom stereocenters. The first-order valence-electron chi connectivity index (χ1n) is 5.90. The highest BCUT2D eigenvalue weighted by Crippen LogP contribution is 2.28. The van der Waals surface area contributed by atoms with Gasteiger partial charge in [0.1, 0.15) is 0 Å². The molecule has 1 aliphatic rings. The maximum Gasteiger partial charge on any atom is 0.254 e. The van der Waals surface area contributed by atoms with E-state index < -0.39 is 10.0 Å². The number of nitrogen functional groups attached to an aromatic ring is 1. The number of piperazine rings is 1. The van der Waals surface area contributed by atoms with Gasteiger partial charge in [0.05, 0.1) is 5.69 Å². The number of aromatic nitrogens is 1. The number of likely N-dealkylation sites (N-methyl/N-ethyl adjacent to an activating group) is 1. The molecule has 2 N–H and O–H groups in total. The minimum absolute atomic E-state index is 0.282. The summed E-state index contributed by atoms with van der Waals surface area (Å²) in [6.45, 7) is 7.35. The van der Waals surface area contributed by atoms with Gasteiger partial charge in [-0.2, -0.15) is 4.31 Å². The Morgan fingerprint density at radius 3 is 2.39 bits per heavy atom. The van der Waals surface area contributed by atoms with Crippen molar-refractivity contribution < 1.29 is 8.42 Å². The van der Waals surface area contributed by atoms with Gasteiger partial charge in [-0.15, -0.1) is 0 Å². The molecule has 0 spiro atoms. The van der Waals surface area contributed by atoms with Crippen molar-refractivity contribution in [3.8, 4) is 0 Å². The van der Waals surface area contributed by atoms with Gasteiger partial charge < -0.3 is 10.6 Å². The predicted molar refractivity (Wildman–Crippen MR) is 72.1 cm³/mol. The molecule has 18 heavy (non-hydrogen) atoms. The molecule has 1 aromatic rings. The van der Waals surface area contributed by atoms with Crippen LogP contribution in [0.15, 0.2) is 4.21 Å². The summed E-state index contributed by atoms with van der Waals surface area (Å²) in [5.41, 5.74) is 6.06. The number of anilines is 1. The fourth-order valence-corrected chi connectivity index (χ4v) is 4.90. The van der Waals surface area contributed by atoms with Crippen LogP contribution in [0.4, 0.5) is 5.13 Å². The molecule has 2 rings (SSSR count). The van der Waals surface area contributed by atoms with Gasteiger partial charge in [0.25, 0.3) is 10.0 Å². The van der Waals surface area contributed by atoms with Crippen molar-refractivity contribution in [3.05, 3.63) is 5.69 Å². The van der Waals surface area contributed by atoms with Gasteiger partial charge in [0, 0.05) is 26.2 Å². The molecule has 1 saturated heterocycles. The van der Waals surface area contributed by atoms with Crippen LogP contribution in [0.2, 0.25) is 0 Å². The minimum Gasteiger partial charge on any atom is -0.375 e. The second-order valence-corrected chi connectivity index (χ2v) is 7.43. The van der Waals surface area contributed by atoms with Gasteiger partial charge in [-0.1, -0.05) is 18.3 Å². The number of hydrogen-bond donors (Lipinski definition) is 1. The lowest BCUT2D eigenvalue weighted by Gasteiger charge is -2.32. The third-order valence-electron chi connectivity index (χ3n) is 3.12. The summed E-state index contributed by atoms with van der Waals surface area (Å²) >= 11 is 1.04. The summed E-state index contributed by atoms with van der Waals surface area (Å²) in [6.07, 6.45) is 0. The van der Waals surface area contributed by atoms with Crippen molar-refractivity contribution >= 4 is 26.5 Å². The van der Waals surface area contributed by atoms with Crippen molar-refractivity contribution in [2.75, 3.05) is 38.5 Å². The molecule has 1 fully saturated rings. The van der Waals surface area contributed by atoms with Crippen molar-refractivity contribution in [2.24, 2.45) is 0 Å². The molecule has 0 radical (unpaired) electrons. The van der Waals surface area contributed by atoms with Crippen LogP contribution in [0.1, 0.15) is 12.6 Å². The van der Waals surface area contributed by atoms with Crippen molar-refractivity contribution in [2.45, 2.75) is 18.1 Å². The zero-order valence-corrected chi connectivity index (χ0v) is 12.2. The fourth-order valence-electron chi connectivity index (χ4n) is 2.05. The Labute approximate surface area is 111 Å². The average molecular weight is 290 g/mol. The van der Waals surface area contributed by atoms with Gasteiger partial charge in [-0.3, -0.25) is 0 Å². The van der Waals surface area contributed by atoms with Crippen molar-refractivity contribution in [1.29, 1.82) is 0 Å². The topological polar surface area (TPSA) is 79.5 Å². The smallest absolute Gasteiger partial charge is 0.254 e. The first kappa shape index (κ1) is 13.7. The minimum atomic E-state index is -3.42. The Bertz CT molecular complexity index is 518. The molecule has 102 valence electrons. The van der Waals surface area contributed by atoms with E-state index in [0.29, 0.717) is 23.9 Å². The van der Waals surface area contributed by atoms with Gasteiger partial charge in [0.2, 0.25) is 0 Å². The Hall–Kier alpha value is -0.700. The van der Waals surface area contributed by atoms with Gasteiger partial charge in [-0.05, 0) is 13.5 Å². The summed E-state index contributed by atoms with van der Waals surface area (Å²) in [6, 6.07) is 0. The van der Waals surface area contributed by atoms with Crippen molar-refractivity contribution in [3.63, 3.8) is 0 Å². The van der Waals surface area contributed by atoms with E-state index in [1.165, 1.54) is 4.31 Å². The molecule has 0 saturated carbocycles. The monoisotopic (exact) mass is 290 g/mol. The van der Waals surface area contributed by atoms with Crippen LogP contribution in [0.5, 0.6) is 0 Å². The van der Waals surface area contributed by atoms with Gasteiger partial charge in [-0.25, -0.2) is 13.4 Å². The highest BCUT2D eigenvalue weighted by atomic mass is 32.2. The van der Waals surface area contributed by atoms with Crippen LogP contribution in [0, 0.1) is 6.92 Å². The van der Waals surface area contributed by atoms with Gasteiger partial charge >= 0.3 is 0 Å². The number of nitrogens with two attached hydrogens (primary N) is 1. The zero-order chi connectivity index (χ0) is 13.3. The van der Waals surface area contributed by atoms with E-state index in [-0.39, 0.29) is 4.21 Å². The molecule has 0 aromatic carbocycles. The lowest BCUT2D eigenvalue weighted by Crippen LogP contribution is -2.48. The third kappa shape index (κ3) is 2.51. The largest absolute Gasteiger partial charge is 0.375 e. The molecular formula is C10H18N4O2S2. The van der Waals surface area contributed by atoms with Gasteiger partial charge in [0.15, 0.2) is 9.34 Å². The molecular weight excluding hydrogens is 272 g/mol. The molecule has 8 heteroatoms. The Morgan fingerprint density at radius 2 is 1.94 bits per heavy atom. The Balaban J connectivity index is 2.20. The van der Waals surface area contributed by atoms with E-state index >= 15 is 0 Å². The molecule has 0 aliphatic carbocycles. The van der Waals surface area contributed by atoms with E-state index in [4.69, 9.17) is 5.73 Å². The summed E-state index contributed by atoms with van der Waals surface area (Å²) in [4.78, 5) is 6.22. The summed E-state index contributed by atoms with van der Waals surface area (Å²) in [5.74, 6) is 0. The number of sulfonamides is 1. The molecule has 1 aromatic heterocycles. The summed E-state index contributed by atoms with van der Waals surface area (Å²) < 4.78 is 26.7. The number of hydrogen-bond acceptors (Lipinski definition) is 6. The van der Waals surface area contributed by atoms with E-state index in [1.54, 1.807) is 6.92 Å². The molecule has 0 bridgehead atoms. The Kier molecular flexibility index (Phi) is 3.90. The standard InChI is InChI=1S/C10H18N4O2S2/c1-3-13-4-6-14(7-5-13)18(15,16)9-8(2)12-10(11)17-9/h3-7H2,1-2H3,(H2,11,12). The second-order valence-electron chi connectivity index (χ2n) is 4.26. The van der Waals surface area contributed by atoms with E-state index in [1.807, 2.05) is 0 Å². The van der Waals surface area contributed by atoms with Crippen LogP contribution < -0.4 is 5.73 Å². The second kappa shape index (κ2) is 5.12. The SMILES string of the molecule is CCN1CCN(S(=O)(=O)c2sc(N)nc2C)CC1. The Morgan fingerprint density at radius 1 is 1.33 bits per heavy atom. The van der Waals surface area contributed by atoms with Crippen LogP contribution in [-0.2, 0) is 10.0 Å². The zero-order valence-electron chi connectivity index (χ0n) is 10.6. The normalized spacial score (nSPS) is 19.2. The van der Waals surface area contributed by atoms with Crippen LogP contribution in [0.3, 0.4) is 0 Å². The number of nitrogens with zero attached hydrogens (tertiary/aromatic N) is 3. The van der Waals surface area contributed by atoms with E-state index in [9.17, 15) is 8.42 Å². The molecule has 2 heterocycles. The average Bonchev–Trinajstić information content (AvgIpc) is 2.69. The maximum atomic E-state index is 12.4. The number of rotatable bonds is 3. The first-order valence-corrected chi connectivity index (χ1v) is 8.16. The number of aryl methyl sites for hydroxylation is 1. The number of thiazole rings is 1. The van der Waals surface area contributed by atoms with Crippen LogP contribution in [-0.4, -0.2) is 55.3 Å².